The summed E-state index contributed by atoms with van der Waals surface area (Å²) in [6.07, 6.45) is 0.585. The molecule has 20 heavy (non-hydrogen) atoms. The molecule has 0 aliphatic rings. The Labute approximate surface area is 125 Å². The number of carbonyl (C=O) groups excluding carboxylic acids is 1. The second-order valence-corrected chi connectivity index (χ2v) is 5.20. The van der Waals surface area contributed by atoms with Crippen molar-refractivity contribution < 1.29 is 15.0 Å². The number of hydrogen-bond donors (Lipinski definition) is 3. The van der Waals surface area contributed by atoms with Gasteiger partial charge in [0.1, 0.15) is 5.75 Å². The molecule has 0 spiro atoms. The summed E-state index contributed by atoms with van der Waals surface area (Å²) in [6.45, 7) is 0.0957. The van der Waals surface area contributed by atoms with Crippen LogP contribution in [0.2, 0.25) is 0 Å². The van der Waals surface area contributed by atoms with E-state index in [0.717, 1.165) is 5.56 Å². The molecule has 5 heteroatoms. The maximum absolute atomic E-state index is 12.0. The van der Waals surface area contributed by atoms with Gasteiger partial charge in [0.2, 0.25) is 0 Å². The molecule has 0 heterocycles. The topological polar surface area (TPSA) is 69.6 Å². The van der Waals surface area contributed by atoms with E-state index in [-0.39, 0.29) is 23.8 Å². The first-order valence-electron chi connectivity index (χ1n) is 6.10. The zero-order valence-corrected chi connectivity index (χ0v) is 12.2. The van der Waals surface area contributed by atoms with E-state index in [4.69, 9.17) is 5.11 Å². The number of benzene rings is 2. The van der Waals surface area contributed by atoms with E-state index in [0.29, 0.717) is 16.6 Å². The number of amides is 1. The van der Waals surface area contributed by atoms with Crippen LogP contribution in [-0.4, -0.2) is 22.7 Å². The van der Waals surface area contributed by atoms with Gasteiger partial charge in [-0.3, -0.25) is 4.79 Å². The Morgan fingerprint density at radius 3 is 2.45 bits per heavy atom. The van der Waals surface area contributed by atoms with E-state index in [2.05, 4.69) is 21.2 Å². The fourth-order valence-corrected chi connectivity index (χ4v) is 2.13. The first kappa shape index (κ1) is 14.6. The molecular weight excluding hydrogens is 322 g/mol. The van der Waals surface area contributed by atoms with Crippen molar-refractivity contribution in [2.24, 2.45) is 0 Å². The van der Waals surface area contributed by atoms with Gasteiger partial charge in [-0.2, -0.15) is 0 Å². The van der Waals surface area contributed by atoms with E-state index < -0.39 is 0 Å². The molecule has 0 bridgehead atoms. The summed E-state index contributed by atoms with van der Waals surface area (Å²) >= 11 is 3.22. The predicted molar refractivity (Wildman–Crippen MR) is 81.0 cm³/mol. The Morgan fingerprint density at radius 1 is 1.15 bits per heavy atom. The highest BCUT2D eigenvalue weighted by Gasteiger charge is 2.11. The van der Waals surface area contributed by atoms with Gasteiger partial charge in [0.05, 0.1) is 5.56 Å². The van der Waals surface area contributed by atoms with Crippen molar-refractivity contribution >= 4 is 27.5 Å². The van der Waals surface area contributed by atoms with Crippen LogP contribution in [0.3, 0.4) is 0 Å². The van der Waals surface area contributed by atoms with Crippen LogP contribution in [0.15, 0.2) is 46.9 Å². The summed E-state index contributed by atoms with van der Waals surface area (Å²) in [5, 5.41) is 21.3. The summed E-state index contributed by atoms with van der Waals surface area (Å²) in [4.78, 5) is 12.0. The van der Waals surface area contributed by atoms with Crippen molar-refractivity contribution in [1.82, 2.24) is 0 Å². The van der Waals surface area contributed by atoms with Crippen LogP contribution in [-0.2, 0) is 6.42 Å². The van der Waals surface area contributed by atoms with E-state index >= 15 is 0 Å². The van der Waals surface area contributed by atoms with Crippen molar-refractivity contribution in [1.29, 1.82) is 0 Å². The van der Waals surface area contributed by atoms with Gasteiger partial charge in [-0.15, -0.1) is 0 Å². The average molecular weight is 336 g/mol. The molecule has 0 radical (unpaired) electrons. The summed E-state index contributed by atoms with van der Waals surface area (Å²) in [7, 11) is 0. The Bertz CT molecular complexity index is 611. The maximum Gasteiger partial charge on any atom is 0.259 e. The summed E-state index contributed by atoms with van der Waals surface area (Å²) in [5.41, 5.74) is 1.85. The van der Waals surface area contributed by atoms with Crippen molar-refractivity contribution in [2.75, 3.05) is 11.9 Å². The standard InChI is InChI=1S/C15H14BrNO3/c16-11-3-6-13(14(19)9-11)15(20)17-12-4-1-10(2-5-12)7-8-18/h1-6,9,18-19H,7-8H2,(H,17,20). The molecule has 0 atom stereocenters. The van der Waals surface area contributed by atoms with Gasteiger partial charge in [0.25, 0.3) is 5.91 Å². The lowest BCUT2D eigenvalue weighted by Crippen LogP contribution is -2.12. The molecule has 0 saturated carbocycles. The molecule has 0 unspecified atom stereocenters. The van der Waals surface area contributed by atoms with Crippen molar-refractivity contribution in [3.05, 3.63) is 58.1 Å². The lowest BCUT2D eigenvalue weighted by atomic mass is 10.1. The third-order valence-electron chi connectivity index (χ3n) is 2.82. The molecular formula is C15H14BrNO3. The fourth-order valence-electron chi connectivity index (χ4n) is 1.78. The van der Waals surface area contributed by atoms with Crippen LogP contribution in [0.4, 0.5) is 5.69 Å². The first-order valence-corrected chi connectivity index (χ1v) is 6.89. The van der Waals surface area contributed by atoms with Crippen LogP contribution < -0.4 is 5.32 Å². The number of aromatic hydroxyl groups is 1. The van der Waals surface area contributed by atoms with Crippen molar-refractivity contribution in [3.63, 3.8) is 0 Å². The van der Waals surface area contributed by atoms with Gasteiger partial charge < -0.3 is 15.5 Å². The zero-order chi connectivity index (χ0) is 14.5. The summed E-state index contributed by atoms with van der Waals surface area (Å²) in [6, 6.07) is 11.9. The number of rotatable bonds is 4. The molecule has 2 aromatic rings. The van der Waals surface area contributed by atoms with Gasteiger partial charge in [-0.05, 0) is 42.3 Å². The third-order valence-corrected chi connectivity index (χ3v) is 3.31. The van der Waals surface area contributed by atoms with Gasteiger partial charge >= 0.3 is 0 Å². The number of aliphatic hydroxyl groups excluding tert-OH is 1. The molecule has 0 aliphatic heterocycles. The number of nitrogens with one attached hydrogen (secondary N) is 1. The van der Waals surface area contributed by atoms with Gasteiger partial charge in [0, 0.05) is 16.8 Å². The lowest BCUT2D eigenvalue weighted by Gasteiger charge is -2.08. The molecule has 0 fully saturated rings. The second-order valence-electron chi connectivity index (χ2n) is 4.29. The van der Waals surface area contributed by atoms with Gasteiger partial charge in [-0.1, -0.05) is 28.1 Å². The molecule has 2 aromatic carbocycles. The van der Waals surface area contributed by atoms with Crippen LogP contribution in [0.1, 0.15) is 15.9 Å². The minimum atomic E-state index is -0.370. The third kappa shape index (κ3) is 3.59. The van der Waals surface area contributed by atoms with E-state index in [9.17, 15) is 9.90 Å². The first-order chi connectivity index (χ1) is 9.60. The van der Waals surface area contributed by atoms with Crippen LogP contribution in [0.25, 0.3) is 0 Å². The molecule has 3 N–H and O–H groups in total. The molecule has 2 rings (SSSR count). The fraction of sp³-hybridized carbons (Fsp3) is 0.133. The average Bonchev–Trinajstić information content (AvgIpc) is 2.41. The Morgan fingerprint density at radius 2 is 1.85 bits per heavy atom. The van der Waals surface area contributed by atoms with Gasteiger partial charge in [0.15, 0.2) is 0 Å². The van der Waals surface area contributed by atoms with E-state index in [1.807, 2.05) is 12.1 Å². The zero-order valence-electron chi connectivity index (χ0n) is 10.6. The number of halogens is 1. The Kier molecular flexibility index (Phi) is 4.76. The highest BCUT2D eigenvalue weighted by atomic mass is 79.9. The largest absolute Gasteiger partial charge is 0.507 e. The van der Waals surface area contributed by atoms with E-state index in [1.54, 1.807) is 24.3 Å². The number of aliphatic hydroxyl groups is 1. The van der Waals surface area contributed by atoms with Crippen LogP contribution in [0.5, 0.6) is 5.75 Å². The minimum absolute atomic E-state index is 0.0752. The second kappa shape index (κ2) is 6.54. The Balaban J connectivity index is 2.11. The highest BCUT2D eigenvalue weighted by molar-refractivity contribution is 9.10. The normalized spacial score (nSPS) is 10.3. The summed E-state index contributed by atoms with van der Waals surface area (Å²) < 4.78 is 0.708. The smallest absolute Gasteiger partial charge is 0.259 e. The number of phenols is 1. The lowest BCUT2D eigenvalue weighted by molar-refractivity contribution is 0.102. The van der Waals surface area contributed by atoms with E-state index in [1.165, 1.54) is 6.07 Å². The SMILES string of the molecule is O=C(Nc1ccc(CCO)cc1)c1ccc(Br)cc1O. The molecule has 104 valence electrons. The Hall–Kier alpha value is -1.85. The van der Waals surface area contributed by atoms with Crippen molar-refractivity contribution in [2.45, 2.75) is 6.42 Å². The highest BCUT2D eigenvalue weighted by Crippen LogP contribution is 2.23. The molecule has 0 aliphatic carbocycles. The molecule has 4 nitrogen and oxygen atoms in total. The van der Waals surface area contributed by atoms with Gasteiger partial charge in [-0.25, -0.2) is 0 Å². The van der Waals surface area contributed by atoms with Crippen LogP contribution >= 0.6 is 15.9 Å². The monoisotopic (exact) mass is 335 g/mol. The molecule has 1 amide bonds. The molecule has 0 aromatic heterocycles. The number of hydrogen-bond acceptors (Lipinski definition) is 3. The summed E-state index contributed by atoms with van der Waals surface area (Å²) in [5.74, 6) is -0.446. The number of anilines is 1. The predicted octanol–water partition coefficient (Wildman–Crippen LogP) is 2.94. The van der Waals surface area contributed by atoms with Crippen LogP contribution in [0, 0.1) is 0 Å². The minimum Gasteiger partial charge on any atom is -0.507 e. The molecule has 0 saturated heterocycles. The maximum atomic E-state index is 12.0. The van der Waals surface area contributed by atoms with Crippen molar-refractivity contribution in [3.8, 4) is 5.75 Å². The number of phenolic OH excluding ortho intramolecular Hbond substituents is 1. The quantitative estimate of drug-likeness (QED) is 0.804. The number of carbonyl (C=O) groups is 1.